The molecule has 0 saturated heterocycles. The molecule has 4 nitrogen and oxygen atoms in total. The number of benzene rings is 1. The van der Waals surface area contributed by atoms with Crippen LogP contribution in [0.5, 0.6) is 0 Å². The highest BCUT2D eigenvalue weighted by Crippen LogP contribution is 2.10. The van der Waals surface area contributed by atoms with Gasteiger partial charge in [-0.1, -0.05) is 13.8 Å². The highest BCUT2D eigenvalue weighted by molar-refractivity contribution is 7.80. The van der Waals surface area contributed by atoms with Gasteiger partial charge in [0, 0.05) is 12.2 Å². The fraction of sp³-hybridized carbons (Fsp3) is 0.467. The van der Waals surface area contributed by atoms with Crippen molar-refractivity contribution < 1.29 is 9.53 Å². The van der Waals surface area contributed by atoms with E-state index in [2.05, 4.69) is 24.5 Å². The van der Waals surface area contributed by atoms with Crippen LogP contribution in [0.2, 0.25) is 0 Å². The molecule has 0 heterocycles. The first-order valence-corrected chi connectivity index (χ1v) is 7.25. The average Bonchev–Trinajstić information content (AvgIpc) is 2.39. The second-order valence-electron chi connectivity index (χ2n) is 4.86. The first-order valence-electron chi connectivity index (χ1n) is 6.85. The molecule has 5 heteroatoms. The number of esters is 1. The largest absolute Gasteiger partial charge is 0.462 e. The van der Waals surface area contributed by atoms with Crippen LogP contribution in [-0.2, 0) is 4.74 Å². The quantitative estimate of drug-likeness (QED) is 0.623. The van der Waals surface area contributed by atoms with Gasteiger partial charge >= 0.3 is 5.97 Å². The van der Waals surface area contributed by atoms with Gasteiger partial charge in [-0.3, -0.25) is 0 Å². The van der Waals surface area contributed by atoms with Crippen molar-refractivity contribution in [3.05, 3.63) is 29.8 Å². The maximum atomic E-state index is 11.5. The molecule has 0 fully saturated rings. The van der Waals surface area contributed by atoms with Crippen molar-refractivity contribution >= 4 is 29.0 Å². The molecule has 0 aliphatic heterocycles. The number of thiocarbonyl (C=S) groups is 1. The molecule has 0 radical (unpaired) electrons. The number of rotatable bonds is 6. The van der Waals surface area contributed by atoms with E-state index in [0.29, 0.717) is 23.2 Å². The van der Waals surface area contributed by atoms with E-state index in [1.807, 2.05) is 12.1 Å². The minimum atomic E-state index is -0.309. The first kappa shape index (κ1) is 16.4. The van der Waals surface area contributed by atoms with Crippen LogP contribution >= 0.6 is 12.2 Å². The molecule has 1 aromatic rings. The van der Waals surface area contributed by atoms with Crippen molar-refractivity contribution in [3.63, 3.8) is 0 Å². The summed E-state index contributed by atoms with van der Waals surface area (Å²) in [7, 11) is 0. The molecule has 0 spiro atoms. The zero-order valence-corrected chi connectivity index (χ0v) is 13.0. The predicted molar refractivity (Wildman–Crippen MR) is 86.1 cm³/mol. The van der Waals surface area contributed by atoms with Gasteiger partial charge in [0.25, 0.3) is 0 Å². The standard InChI is InChI=1S/C15H22N2O2S/c1-4-19-14(18)12-5-7-13(8-6-12)17-15(20)16-10-9-11(2)3/h5-8,11H,4,9-10H2,1-3H3,(H2,16,17,20). The predicted octanol–water partition coefficient (Wildman–Crippen LogP) is 3.20. The molecule has 0 saturated carbocycles. The molecule has 0 amide bonds. The van der Waals surface area contributed by atoms with Crippen molar-refractivity contribution in [2.45, 2.75) is 27.2 Å². The Morgan fingerprint density at radius 1 is 1.30 bits per heavy atom. The lowest BCUT2D eigenvalue weighted by atomic mass is 10.1. The average molecular weight is 294 g/mol. The van der Waals surface area contributed by atoms with Crippen LogP contribution in [0.25, 0.3) is 0 Å². The third-order valence-electron chi connectivity index (χ3n) is 2.66. The zero-order chi connectivity index (χ0) is 15.0. The van der Waals surface area contributed by atoms with Gasteiger partial charge in [0.05, 0.1) is 12.2 Å². The smallest absolute Gasteiger partial charge is 0.338 e. The van der Waals surface area contributed by atoms with Gasteiger partial charge in [-0.2, -0.15) is 0 Å². The topological polar surface area (TPSA) is 50.4 Å². The SMILES string of the molecule is CCOC(=O)c1ccc(NC(=S)NCCC(C)C)cc1. The van der Waals surface area contributed by atoms with Crippen LogP contribution in [0, 0.1) is 5.92 Å². The van der Waals surface area contributed by atoms with Crippen molar-refractivity contribution in [2.75, 3.05) is 18.5 Å². The van der Waals surface area contributed by atoms with E-state index in [-0.39, 0.29) is 5.97 Å². The van der Waals surface area contributed by atoms with E-state index in [0.717, 1.165) is 18.7 Å². The summed E-state index contributed by atoms with van der Waals surface area (Å²) in [6, 6.07) is 7.06. The summed E-state index contributed by atoms with van der Waals surface area (Å²) in [6.07, 6.45) is 1.07. The number of nitrogens with one attached hydrogen (secondary N) is 2. The van der Waals surface area contributed by atoms with Crippen molar-refractivity contribution in [2.24, 2.45) is 5.92 Å². The van der Waals surface area contributed by atoms with E-state index in [1.165, 1.54) is 0 Å². The molecule has 20 heavy (non-hydrogen) atoms. The van der Waals surface area contributed by atoms with Gasteiger partial charge in [0.15, 0.2) is 5.11 Å². The van der Waals surface area contributed by atoms with Gasteiger partial charge < -0.3 is 15.4 Å². The molecule has 0 unspecified atom stereocenters. The van der Waals surface area contributed by atoms with Crippen LogP contribution in [-0.4, -0.2) is 24.2 Å². The lowest BCUT2D eigenvalue weighted by Crippen LogP contribution is -2.29. The lowest BCUT2D eigenvalue weighted by molar-refractivity contribution is 0.0526. The summed E-state index contributed by atoms with van der Waals surface area (Å²) in [5.41, 5.74) is 1.39. The maximum Gasteiger partial charge on any atom is 0.338 e. The third-order valence-corrected chi connectivity index (χ3v) is 2.91. The van der Waals surface area contributed by atoms with E-state index in [9.17, 15) is 4.79 Å². The molecular formula is C15H22N2O2S. The Morgan fingerprint density at radius 3 is 2.50 bits per heavy atom. The molecule has 110 valence electrons. The molecule has 0 aliphatic rings. The number of carbonyl (C=O) groups is 1. The van der Waals surface area contributed by atoms with Crippen molar-refractivity contribution in [3.8, 4) is 0 Å². The van der Waals surface area contributed by atoms with Crippen LogP contribution in [0.1, 0.15) is 37.6 Å². The minimum absolute atomic E-state index is 0.309. The highest BCUT2D eigenvalue weighted by Gasteiger charge is 2.06. The summed E-state index contributed by atoms with van der Waals surface area (Å²) in [5, 5.41) is 6.82. The third kappa shape index (κ3) is 6.02. The van der Waals surface area contributed by atoms with Crippen LogP contribution in [0.4, 0.5) is 5.69 Å². The van der Waals surface area contributed by atoms with Gasteiger partial charge in [-0.15, -0.1) is 0 Å². The maximum absolute atomic E-state index is 11.5. The van der Waals surface area contributed by atoms with Gasteiger partial charge in [-0.25, -0.2) is 4.79 Å². The van der Waals surface area contributed by atoms with E-state index in [4.69, 9.17) is 17.0 Å². The van der Waals surface area contributed by atoms with Crippen LogP contribution in [0.3, 0.4) is 0 Å². The number of anilines is 1. The van der Waals surface area contributed by atoms with Gasteiger partial charge in [0.1, 0.15) is 0 Å². The highest BCUT2D eigenvalue weighted by atomic mass is 32.1. The van der Waals surface area contributed by atoms with Crippen LogP contribution < -0.4 is 10.6 Å². The fourth-order valence-electron chi connectivity index (χ4n) is 1.55. The van der Waals surface area contributed by atoms with Crippen molar-refractivity contribution in [1.82, 2.24) is 5.32 Å². The monoisotopic (exact) mass is 294 g/mol. The number of ether oxygens (including phenoxy) is 1. The van der Waals surface area contributed by atoms with E-state index < -0.39 is 0 Å². The van der Waals surface area contributed by atoms with E-state index >= 15 is 0 Å². The molecule has 0 aromatic heterocycles. The lowest BCUT2D eigenvalue weighted by Gasteiger charge is -2.11. The van der Waals surface area contributed by atoms with Gasteiger partial charge in [-0.05, 0) is 55.7 Å². The summed E-state index contributed by atoms with van der Waals surface area (Å²) in [6.45, 7) is 7.36. The Balaban J connectivity index is 2.44. The summed E-state index contributed by atoms with van der Waals surface area (Å²) < 4.78 is 4.93. The second-order valence-corrected chi connectivity index (χ2v) is 5.27. The number of hydrogen-bond acceptors (Lipinski definition) is 3. The summed E-state index contributed by atoms with van der Waals surface area (Å²) in [5.74, 6) is 0.339. The Morgan fingerprint density at radius 2 is 1.95 bits per heavy atom. The fourth-order valence-corrected chi connectivity index (χ4v) is 1.77. The minimum Gasteiger partial charge on any atom is -0.462 e. The van der Waals surface area contributed by atoms with Gasteiger partial charge in [0.2, 0.25) is 0 Å². The number of carbonyl (C=O) groups excluding carboxylic acids is 1. The summed E-state index contributed by atoms with van der Waals surface area (Å²) >= 11 is 5.20. The Kier molecular flexibility index (Phi) is 7.01. The molecule has 0 aliphatic carbocycles. The first-order chi connectivity index (χ1) is 9.52. The summed E-state index contributed by atoms with van der Waals surface area (Å²) in [4.78, 5) is 11.5. The van der Waals surface area contributed by atoms with Crippen LogP contribution in [0.15, 0.2) is 24.3 Å². The second kappa shape index (κ2) is 8.53. The van der Waals surface area contributed by atoms with Crippen molar-refractivity contribution in [1.29, 1.82) is 0 Å². The molecule has 0 bridgehead atoms. The molecule has 0 atom stereocenters. The van der Waals surface area contributed by atoms with E-state index in [1.54, 1.807) is 19.1 Å². The normalized spacial score (nSPS) is 10.2. The Labute approximate surface area is 125 Å². The Bertz CT molecular complexity index is 444. The molecule has 1 rings (SSSR count). The number of hydrogen-bond donors (Lipinski definition) is 2. The molecular weight excluding hydrogens is 272 g/mol. The Hall–Kier alpha value is -1.62. The zero-order valence-electron chi connectivity index (χ0n) is 12.2. The molecule has 2 N–H and O–H groups in total. The molecule has 1 aromatic carbocycles.